The quantitative estimate of drug-likeness (QED) is 0.918. The zero-order chi connectivity index (χ0) is 14.8. The van der Waals surface area contributed by atoms with Gasteiger partial charge in [0.25, 0.3) is 0 Å². The molecule has 0 spiro atoms. The summed E-state index contributed by atoms with van der Waals surface area (Å²) in [6.07, 6.45) is 1.99. The lowest BCUT2D eigenvalue weighted by atomic mass is 9.96. The fraction of sp³-hybridized carbons (Fsp3) is 0.562. The molecule has 20 heavy (non-hydrogen) atoms. The molecule has 1 aliphatic rings. The highest BCUT2D eigenvalue weighted by molar-refractivity contribution is 6.01. The second-order valence-electron chi connectivity index (χ2n) is 5.68. The highest BCUT2D eigenvalue weighted by atomic mass is 16.5. The topological polar surface area (TPSA) is 41.6 Å². The number of nitrogens with one attached hydrogen (secondary N) is 1. The number of carbonyl (C=O) groups is 1. The highest BCUT2D eigenvalue weighted by Crippen LogP contribution is 2.37. The number of para-hydroxylation sites is 1. The molecule has 0 atom stereocenters. The standard InChI is InChI=1S/C16H24N2O2/c1-5-17-16(2,3)15(19)18-11-7-9-12-8-6-10-13(20-4)14(12)18/h6,8,10,17H,5,7,9,11H2,1-4H3. The summed E-state index contributed by atoms with van der Waals surface area (Å²) in [6.45, 7) is 7.40. The number of anilines is 1. The summed E-state index contributed by atoms with van der Waals surface area (Å²) in [5.74, 6) is 0.882. The van der Waals surface area contributed by atoms with Crippen molar-refractivity contribution in [2.45, 2.75) is 39.2 Å². The molecule has 0 fully saturated rings. The van der Waals surface area contributed by atoms with Gasteiger partial charge in [0.1, 0.15) is 5.75 Å². The largest absolute Gasteiger partial charge is 0.495 e. The van der Waals surface area contributed by atoms with Gasteiger partial charge >= 0.3 is 0 Å². The molecule has 0 saturated carbocycles. The summed E-state index contributed by atoms with van der Waals surface area (Å²) < 4.78 is 5.45. The summed E-state index contributed by atoms with van der Waals surface area (Å²) >= 11 is 0. The van der Waals surface area contributed by atoms with Crippen LogP contribution in [0.2, 0.25) is 0 Å². The summed E-state index contributed by atoms with van der Waals surface area (Å²) in [5.41, 5.74) is 1.57. The third kappa shape index (κ3) is 2.66. The SMILES string of the molecule is CCNC(C)(C)C(=O)N1CCCc2cccc(OC)c21. The van der Waals surface area contributed by atoms with E-state index >= 15 is 0 Å². The Kier molecular flexibility index (Phi) is 4.33. The van der Waals surface area contributed by atoms with Crippen molar-refractivity contribution in [1.82, 2.24) is 5.32 Å². The van der Waals surface area contributed by atoms with Crippen LogP contribution >= 0.6 is 0 Å². The number of carbonyl (C=O) groups excluding carboxylic acids is 1. The van der Waals surface area contributed by atoms with Gasteiger partial charge in [0.2, 0.25) is 5.91 Å². The van der Waals surface area contributed by atoms with Gasteiger partial charge in [-0.1, -0.05) is 19.1 Å². The van der Waals surface area contributed by atoms with E-state index in [0.29, 0.717) is 0 Å². The van der Waals surface area contributed by atoms with E-state index in [0.717, 1.165) is 37.4 Å². The number of fused-ring (bicyclic) bond motifs is 1. The summed E-state index contributed by atoms with van der Waals surface area (Å²) in [4.78, 5) is 14.7. The Morgan fingerprint density at radius 2 is 2.20 bits per heavy atom. The molecule has 1 aliphatic heterocycles. The molecule has 0 radical (unpaired) electrons. The molecule has 4 heteroatoms. The highest BCUT2D eigenvalue weighted by Gasteiger charge is 2.35. The van der Waals surface area contributed by atoms with Gasteiger partial charge in [-0.05, 0) is 44.9 Å². The zero-order valence-corrected chi connectivity index (χ0v) is 12.8. The molecular formula is C16H24N2O2. The number of amides is 1. The molecular weight excluding hydrogens is 252 g/mol. The molecule has 110 valence electrons. The molecule has 1 amide bonds. The molecule has 1 N–H and O–H groups in total. The van der Waals surface area contributed by atoms with Gasteiger partial charge in [0, 0.05) is 6.54 Å². The lowest BCUT2D eigenvalue weighted by Gasteiger charge is -2.36. The third-order valence-electron chi connectivity index (χ3n) is 3.80. The maximum atomic E-state index is 12.8. The normalized spacial score (nSPS) is 14.9. The van der Waals surface area contributed by atoms with Gasteiger partial charge < -0.3 is 15.0 Å². The van der Waals surface area contributed by atoms with Crippen LogP contribution in [0.4, 0.5) is 5.69 Å². The van der Waals surface area contributed by atoms with Crippen molar-refractivity contribution < 1.29 is 9.53 Å². The first-order valence-electron chi connectivity index (χ1n) is 7.24. The number of aryl methyl sites for hydroxylation is 1. The van der Waals surface area contributed by atoms with Crippen LogP contribution in [0.15, 0.2) is 18.2 Å². The van der Waals surface area contributed by atoms with Crippen molar-refractivity contribution >= 4 is 11.6 Å². The number of rotatable bonds is 4. The van der Waals surface area contributed by atoms with Crippen molar-refractivity contribution in [3.05, 3.63) is 23.8 Å². The summed E-state index contributed by atoms with van der Waals surface area (Å²) in [5, 5.41) is 3.26. The van der Waals surface area contributed by atoms with Crippen LogP contribution in [-0.4, -0.2) is 31.6 Å². The van der Waals surface area contributed by atoms with Gasteiger partial charge in [-0.2, -0.15) is 0 Å². The first kappa shape index (κ1) is 14.9. The number of likely N-dealkylation sites (N-methyl/N-ethyl adjacent to an activating group) is 1. The lowest BCUT2D eigenvalue weighted by molar-refractivity contribution is -0.123. The molecule has 1 aromatic rings. The molecule has 2 rings (SSSR count). The van der Waals surface area contributed by atoms with Crippen LogP contribution < -0.4 is 15.0 Å². The summed E-state index contributed by atoms with van der Waals surface area (Å²) in [7, 11) is 1.66. The molecule has 1 aromatic carbocycles. The second kappa shape index (κ2) is 5.83. The predicted octanol–water partition coefficient (Wildman–Crippen LogP) is 2.36. The Morgan fingerprint density at radius 1 is 1.45 bits per heavy atom. The van der Waals surface area contributed by atoms with Gasteiger partial charge in [-0.3, -0.25) is 4.79 Å². The van der Waals surface area contributed by atoms with Crippen molar-refractivity contribution in [2.75, 3.05) is 25.1 Å². The fourth-order valence-electron chi connectivity index (χ4n) is 2.84. The number of hydrogen-bond donors (Lipinski definition) is 1. The molecule has 0 saturated heterocycles. The maximum Gasteiger partial charge on any atom is 0.246 e. The van der Waals surface area contributed by atoms with Gasteiger partial charge in [0.05, 0.1) is 18.3 Å². The third-order valence-corrected chi connectivity index (χ3v) is 3.80. The predicted molar refractivity (Wildman–Crippen MR) is 81.4 cm³/mol. The maximum absolute atomic E-state index is 12.8. The minimum Gasteiger partial charge on any atom is -0.495 e. The van der Waals surface area contributed by atoms with Crippen molar-refractivity contribution in [3.63, 3.8) is 0 Å². The Balaban J connectivity index is 2.39. The van der Waals surface area contributed by atoms with Gasteiger partial charge in [0.15, 0.2) is 0 Å². The molecule has 0 unspecified atom stereocenters. The van der Waals surface area contributed by atoms with Crippen molar-refractivity contribution in [2.24, 2.45) is 0 Å². The first-order valence-corrected chi connectivity index (χ1v) is 7.24. The average molecular weight is 276 g/mol. The summed E-state index contributed by atoms with van der Waals surface area (Å²) in [6, 6.07) is 5.99. The number of ether oxygens (including phenoxy) is 1. The fourth-order valence-corrected chi connectivity index (χ4v) is 2.84. The molecule has 0 aromatic heterocycles. The van der Waals surface area contributed by atoms with Gasteiger partial charge in [-0.15, -0.1) is 0 Å². The minimum atomic E-state index is -0.565. The van der Waals surface area contributed by atoms with Crippen LogP contribution in [0.5, 0.6) is 5.75 Å². The molecule has 4 nitrogen and oxygen atoms in total. The van der Waals surface area contributed by atoms with Crippen LogP contribution in [0, 0.1) is 0 Å². The monoisotopic (exact) mass is 276 g/mol. The molecule has 0 aliphatic carbocycles. The Hall–Kier alpha value is -1.55. The minimum absolute atomic E-state index is 0.102. The van der Waals surface area contributed by atoms with E-state index in [1.807, 2.05) is 37.8 Å². The number of methoxy groups -OCH3 is 1. The molecule has 1 heterocycles. The van der Waals surface area contributed by atoms with E-state index in [9.17, 15) is 4.79 Å². The number of hydrogen-bond acceptors (Lipinski definition) is 3. The zero-order valence-electron chi connectivity index (χ0n) is 12.8. The smallest absolute Gasteiger partial charge is 0.246 e. The van der Waals surface area contributed by atoms with E-state index in [4.69, 9.17) is 4.74 Å². The lowest BCUT2D eigenvalue weighted by Crippen LogP contribution is -2.55. The molecule has 0 bridgehead atoms. The van der Waals surface area contributed by atoms with Gasteiger partial charge in [-0.25, -0.2) is 0 Å². The second-order valence-corrected chi connectivity index (χ2v) is 5.68. The van der Waals surface area contributed by atoms with Crippen LogP contribution in [-0.2, 0) is 11.2 Å². The Bertz CT molecular complexity index is 483. The van der Waals surface area contributed by atoms with E-state index in [1.54, 1.807) is 7.11 Å². The van der Waals surface area contributed by atoms with Crippen LogP contribution in [0.1, 0.15) is 32.8 Å². The Morgan fingerprint density at radius 3 is 2.85 bits per heavy atom. The van der Waals surface area contributed by atoms with E-state index in [2.05, 4.69) is 11.4 Å². The average Bonchev–Trinajstić information content (AvgIpc) is 2.45. The Labute approximate surface area is 121 Å². The first-order chi connectivity index (χ1) is 9.51. The van der Waals surface area contributed by atoms with Crippen LogP contribution in [0.3, 0.4) is 0 Å². The van der Waals surface area contributed by atoms with E-state index in [1.165, 1.54) is 5.56 Å². The number of benzene rings is 1. The van der Waals surface area contributed by atoms with Crippen LogP contribution in [0.25, 0.3) is 0 Å². The van der Waals surface area contributed by atoms with Crippen molar-refractivity contribution in [3.8, 4) is 5.75 Å². The van der Waals surface area contributed by atoms with E-state index < -0.39 is 5.54 Å². The van der Waals surface area contributed by atoms with Crippen molar-refractivity contribution in [1.29, 1.82) is 0 Å². The number of nitrogens with zero attached hydrogens (tertiary/aromatic N) is 1. The van der Waals surface area contributed by atoms with E-state index in [-0.39, 0.29) is 5.91 Å².